The zero-order valence-electron chi connectivity index (χ0n) is 21.2. The normalized spacial score (nSPS) is 16.3. The second-order valence-corrected chi connectivity index (χ2v) is 10.1. The lowest BCUT2D eigenvalue weighted by Crippen LogP contribution is -2.17. The van der Waals surface area contributed by atoms with Crippen LogP contribution >= 0.6 is 0 Å². The molecule has 2 aliphatic rings. The summed E-state index contributed by atoms with van der Waals surface area (Å²) in [5.74, 6) is 2.51. The van der Waals surface area contributed by atoms with Gasteiger partial charge in [0.2, 0.25) is 5.95 Å². The van der Waals surface area contributed by atoms with E-state index in [0.717, 1.165) is 39.6 Å². The van der Waals surface area contributed by atoms with Gasteiger partial charge in [0.25, 0.3) is 0 Å². The number of aromatic nitrogens is 4. The molecule has 37 heavy (non-hydrogen) atoms. The molecule has 7 heteroatoms. The van der Waals surface area contributed by atoms with Gasteiger partial charge in [-0.1, -0.05) is 44.4 Å². The maximum atomic E-state index is 5.71. The van der Waals surface area contributed by atoms with Crippen LogP contribution in [0.2, 0.25) is 0 Å². The Morgan fingerprint density at radius 1 is 0.919 bits per heavy atom. The van der Waals surface area contributed by atoms with Gasteiger partial charge in [0.05, 0.1) is 16.8 Å². The third-order valence-electron chi connectivity index (χ3n) is 7.46. The van der Waals surface area contributed by atoms with E-state index < -0.39 is 0 Å². The minimum Gasteiger partial charge on any atom is -0.490 e. The Morgan fingerprint density at radius 2 is 1.65 bits per heavy atom. The number of hydrogen-bond donors (Lipinski definition) is 2. The molecule has 0 saturated heterocycles. The van der Waals surface area contributed by atoms with Crippen LogP contribution in [0.1, 0.15) is 51.4 Å². The number of anilines is 2. The fourth-order valence-corrected chi connectivity index (χ4v) is 5.60. The first-order valence-corrected chi connectivity index (χ1v) is 13.5. The fraction of sp³-hybridized carbons (Fsp3) is 0.367. The second-order valence-electron chi connectivity index (χ2n) is 10.1. The van der Waals surface area contributed by atoms with E-state index in [-0.39, 0.29) is 0 Å². The largest absolute Gasteiger partial charge is 0.490 e. The van der Waals surface area contributed by atoms with Crippen molar-refractivity contribution >= 4 is 17.3 Å². The van der Waals surface area contributed by atoms with Gasteiger partial charge in [0.15, 0.2) is 0 Å². The Labute approximate surface area is 218 Å². The number of benzene rings is 1. The molecule has 0 amide bonds. The minimum atomic E-state index is 0.448. The van der Waals surface area contributed by atoms with E-state index in [4.69, 9.17) is 14.8 Å². The van der Waals surface area contributed by atoms with Gasteiger partial charge >= 0.3 is 0 Å². The third-order valence-corrected chi connectivity index (χ3v) is 7.46. The highest BCUT2D eigenvalue weighted by Gasteiger charge is 2.22. The minimum absolute atomic E-state index is 0.448. The molecule has 190 valence electrons. The van der Waals surface area contributed by atoms with E-state index in [1.54, 1.807) is 6.08 Å². The summed E-state index contributed by atoms with van der Waals surface area (Å²) in [4.78, 5) is 9.51. The van der Waals surface area contributed by atoms with E-state index in [0.29, 0.717) is 24.6 Å². The third kappa shape index (κ3) is 5.03. The van der Waals surface area contributed by atoms with E-state index in [2.05, 4.69) is 52.5 Å². The molecule has 0 spiro atoms. The van der Waals surface area contributed by atoms with Crippen LogP contribution in [0.5, 0.6) is 5.75 Å². The Bertz CT molecular complexity index is 1370. The lowest BCUT2D eigenvalue weighted by molar-refractivity contribution is 0.363. The van der Waals surface area contributed by atoms with Crippen molar-refractivity contribution in [3.8, 4) is 28.3 Å². The van der Waals surface area contributed by atoms with Crippen molar-refractivity contribution in [1.82, 2.24) is 19.6 Å². The number of rotatable bonds is 9. The molecule has 2 aliphatic carbocycles. The summed E-state index contributed by atoms with van der Waals surface area (Å²) >= 11 is 0. The van der Waals surface area contributed by atoms with Crippen LogP contribution in [-0.2, 0) is 0 Å². The molecule has 7 nitrogen and oxygen atoms in total. The first-order valence-electron chi connectivity index (χ1n) is 13.5. The summed E-state index contributed by atoms with van der Waals surface area (Å²) in [6.07, 6.45) is 13.4. The molecule has 3 heterocycles. The van der Waals surface area contributed by atoms with Crippen LogP contribution in [0.15, 0.2) is 67.4 Å². The summed E-state index contributed by atoms with van der Waals surface area (Å²) in [7, 11) is 0. The summed E-state index contributed by atoms with van der Waals surface area (Å²) in [6.45, 7) is 4.21. The summed E-state index contributed by atoms with van der Waals surface area (Å²) < 4.78 is 7.75. The van der Waals surface area contributed by atoms with Crippen molar-refractivity contribution in [3.05, 3.63) is 67.4 Å². The highest BCUT2D eigenvalue weighted by Crippen LogP contribution is 2.37. The monoisotopic (exact) mass is 494 g/mol. The van der Waals surface area contributed by atoms with Gasteiger partial charge in [0, 0.05) is 23.8 Å². The predicted octanol–water partition coefficient (Wildman–Crippen LogP) is 6.73. The molecule has 0 bridgehead atoms. The van der Waals surface area contributed by atoms with Gasteiger partial charge in [-0.25, -0.2) is 14.5 Å². The molecule has 0 atom stereocenters. The number of nitrogens with zero attached hydrogens (tertiary/aromatic N) is 4. The molecule has 2 fully saturated rings. The van der Waals surface area contributed by atoms with Crippen LogP contribution in [0.4, 0.5) is 11.8 Å². The zero-order valence-corrected chi connectivity index (χ0v) is 21.2. The lowest BCUT2D eigenvalue weighted by atomic mass is 10.0. The van der Waals surface area contributed by atoms with Gasteiger partial charge in [-0.3, -0.25) is 0 Å². The highest BCUT2D eigenvalue weighted by molar-refractivity contribution is 5.91. The Morgan fingerprint density at radius 3 is 2.38 bits per heavy atom. The smallest absolute Gasteiger partial charge is 0.223 e. The molecule has 2 N–H and O–H groups in total. The van der Waals surface area contributed by atoms with Crippen molar-refractivity contribution in [2.45, 2.75) is 63.5 Å². The molecular formula is C30H34N6O. The molecule has 0 aliphatic heterocycles. The van der Waals surface area contributed by atoms with Gasteiger partial charge < -0.3 is 15.4 Å². The number of nitrogens with one attached hydrogen (secondary N) is 2. The van der Waals surface area contributed by atoms with Gasteiger partial charge in [-0.05, 0) is 68.1 Å². The zero-order chi connectivity index (χ0) is 25.0. The first kappa shape index (κ1) is 23.5. The number of pyridine rings is 1. The lowest BCUT2D eigenvalue weighted by Gasteiger charge is -2.14. The molecule has 0 unspecified atom stereocenters. The first-order chi connectivity index (χ1) is 18.3. The molecule has 3 aromatic heterocycles. The van der Waals surface area contributed by atoms with Crippen molar-refractivity contribution in [1.29, 1.82) is 0 Å². The average molecular weight is 495 g/mol. The van der Waals surface area contributed by atoms with E-state index in [9.17, 15) is 0 Å². The quantitative estimate of drug-likeness (QED) is 0.251. The molecule has 2 saturated carbocycles. The highest BCUT2D eigenvalue weighted by atomic mass is 16.5. The maximum Gasteiger partial charge on any atom is 0.223 e. The second kappa shape index (κ2) is 10.6. The van der Waals surface area contributed by atoms with Crippen LogP contribution < -0.4 is 15.4 Å². The Hall–Kier alpha value is -3.87. The van der Waals surface area contributed by atoms with Crippen LogP contribution in [-0.4, -0.2) is 38.3 Å². The fourth-order valence-electron chi connectivity index (χ4n) is 5.60. The van der Waals surface area contributed by atoms with Crippen molar-refractivity contribution in [2.24, 2.45) is 0 Å². The number of fused-ring (bicyclic) bond motifs is 1. The topological polar surface area (TPSA) is 76.4 Å². The van der Waals surface area contributed by atoms with Gasteiger partial charge in [-0.15, -0.1) is 0 Å². The number of ether oxygens (including phenoxy) is 1. The van der Waals surface area contributed by atoms with Crippen LogP contribution in [0, 0.1) is 0 Å². The average Bonchev–Trinajstić information content (AvgIpc) is 3.70. The van der Waals surface area contributed by atoms with Crippen LogP contribution in [0.25, 0.3) is 28.0 Å². The Kier molecular flexibility index (Phi) is 6.76. The standard InChI is InChI=1S/C30H34N6O/c1-2-20-37-24-16-14-21(15-17-24)29-28(25-18-19-31-30(34-25)33-23-10-5-6-11-23)26-12-7-13-27(36(26)35-29)32-22-8-3-4-9-22/h2,7,12-19,22-23,32H,1,3-6,8-11,20H2,(H,31,33,34). The molecule has 6 rings (SSSR count). The van der Waals surface area contributed by atoms with Gasteiger partial charge in [0.1, 0.15) is 23.9 Å². The summed E-state index contributed by atoms with van der Waals surface area (Å²) in [5.41, 5.74) is 4.80. The van der Waals surface area contributed by atoms with Gasteiger partial charge in [-0.2, -0.15) is 5.10 Å². The summed E-state index contributed by atoms with van der Waals surface area (Å²) in [5, 5.41) is 12.4. The van der Waals surface area contributed by atoms with E-state index in [1.807, 2.05) is 28.9 Å². The molecule has 4 aromatic rings. The summed E-state index contributed by atoms with van der Waals surface area (Å²) in [6, 6.07) is 17.4. The molecule has 1 aromatic carbocycles. The number of hydrogen-bond acceptors (Lipinski definition) is 6. The van der Waals surface area contributed by atoms with E-state index in [1.165, 1.54) is 51.4 Å². The van der Waals surface area contributed by atoms with Crippen molar-refractivity contribution in [3.63, 3.8) is 0 Å². The van der Waals surface area contributed by atoms with Crippen LogP contribution in [0.3, 0.4) is 0 Å². The predicted molar refractivity (Wildman–Crippen MR) is 149 cm³/mol. The van der Waals surface area contributed by atoms with Crippen molar-refractivity contribution in [2.75, 3.05) is 17.2 Å². The SMILES string of the molecule is C=CCOc1ccc(-c2nn3c(NC4CCCC4)cccc3c2-c2ccnc(NC3CCCC3)n2)cc1. The molecule has 0 radical (unpaired) electrons. The van der Waals surface area contributed by atoms with E-state index >= 15 is 0 Å². The Balaban J connectivity index is 1.44. The maximum absolute atomic E-state index is 5.71. The van der Waals surface area contributed by atoms with Crippen molar-refractivity contribution < 1.29 is 4.74 Å². The molecular weight excluding hydrogens is 460 g/mol.